The van der Waals surface area contributed by atoms with Gasteiger partial charge in [0.1, 0.15) is 17.6 Å². The smallest absolute Gasteiger partial charge is 0.152 e. The van der Waals surface area contributed by atoms with Gasteiger partial charge >= 0.3 is 0 Å². The van der Waals surface area contributed by atoms with Crippen molar-refractivity contribution in [2.45, 2.75) is 6.04 Å². The maximum Gasteiger partial charge on any atom is 0.152 e. The number of hydrogen-bond acceptors (Lipinski definition) is 4. The second kappa shape index (κ2) is 5.37. The summed E-state index contributed by atoms with van der Waals surface area (Å²) in [5.74, 6) is 5.71. The van der Waals surface area contributed by atoms with Gasteiger partial charge in [0.25, 0.3) is 0 Å². The molecule has 1 atom stereocenters. The fourth-order valence-corrected chi connectivity index (χ4v) is 2.53. The Morgan fingerprint density at radius 1 is 1.19 bits per heavy atom. The normalized spacial score (nSPS) is 12.7. The molecule has 0 aliphatic carbocycles. The molecule has 5 N–H and O–H groups in total. The van der Waals surface area contributed by atoms with Gasteiger partial charge < -0.3 is 10.2 Å². The first-order valence-corrected chi connectivity index (χ1v) is 6.67. The van der Waals surface area contributed by atoms with Crippen LogP contribution in [0.4, 0.5) is 10.1 Å². The minimum absolute atomic E-state index is 0.395. The molecule has 1 aromatic heterocycles. The molecule has 0 spiro atoms. The lowest BCUT2D eigenvalue weighted by Crippen LogP contribution is -2.29. The molecule has 108 valence electrons. The van der Waals surface area contributed by atoms with Crippen LogP contribution in [0, 0.1) is 5.82 Å². The summed E-state index contributed by atoms with van der Waals surface area (Å²) in [5.41, 5.74) is 9.99. The Morgan fingerprint density at radius 3 is 2.71 bits per heavy atom. The van der Waals surface area contributed by atoms with Gasteiger partial charge in [0.2, 0.25) is 0 Å². The van der Waals surface area contributed by atoms with Crippen molar-refractivity contribution >= 4 is 28.3 Å². The Hall–Kier alpha value is -2.08. The molecule has 0 radical (unpaired) electrons. The highest BCUT2D eigenvalue weighted by molar-refractivity contribution is 6.34. The highest BCUT2D eigenvalue weighted by Gasteiger charge is 2.20. The number of nitrogens with one attached hydrogen (secondary N) is 1. The number of furan rings is 1. The highest BCUT2D eigenvalue weighted by atomic mass is 35.5. The van der Waals surface area contributed by atoms with Gasteiger partial charge in [0.05, 0.1) is 5.02 Å². The van der Waals surface area contributed by atoms with E-state index in [2.05, 4.69) is 5.43 Å². The third-order valence-corrected chi connectivity index (χ3v) is 3.62. The van der Waals surface area contributed by atoms with E-state index in [1.165, 1.54) is 18.2 Å². The second-order valence-corrected chi connectivity index (χ2v) is 5.09. The van der Waals surface area contributed by atoms with Gasteiger partial charge in [-0.3, -0.25) is 5.84 Å². The molecule has 0 fully saturated rings. The van der Waals surface area contributed by atoms with E-state index in [0.717, 1.165) is 5.39 Å². The molecule has 1 unspecified atom stereocenters. The van der Waals surface area contributed by atoms with E-state index >= 15 is 0 Å². The van der Waals surface area contributed by atoms with Crippen LogP contribution in [0.25, 0.3) is 11.0 Å². The van der Waals surface area contributed by atoms with Crippen LogP contribution in [-0.4, -0.2) is 0 Å². The molecule has 0 aliphatic rings. The van der Waals surface area contributed by atoms with E-state index in [1.807, 2.05) is 12.1 Å². The first kappa shape index (κ1) is 13.9. The van der Waals surface area contributed by atoms with Crippen LogP contribution in [0.3, 0.4) is 0 Å². The predicted octanol–water partition coefficient (Wildman–Crippen LogP) is 3.36. The van der Waals surface area contributed by atoms with E-state index in [0.29, 0.717) is 27.6 Å². The first-order chi connectivity index (χ1) is 10.1. The van der Waals surface area contributed by atoms with Crippen molar-refractivity contribution in [3.63, 3.8) is 0 Å². The quantitative estimate of drug-likeness (QED) is 0.394. The van der Waals surface area contributed by atoms with Gasteiger partial charge in [-0.1, -0.05) is 23.7 Å². The van der Waals surface area contributed by atoms with Gasteiger partial charge in [-0.15, -0.1) is 0 Å². The number of halogens is 2. The SMILES string of the molecule is NNC(c1cc2cccc(Cl)c2o1)c1cc(F)ccc1N. The molecule has 21 heavy (non-hydrogen) atoms. The standard InChI is InChI=1S/C15H13ClFN3O/c16-11-3-1-2-8-6-13(21-15(8)11)14(20-19)10-7-9(17)4-5-12(10)18/h1-7,14,20H,18-19H2. The Bertz CT molecular complexity index is 803. The summed E-state index contributed by atoms with van der Waals surface area (Å²) >= 11 is 6.09. The van der Waals surface area contributed by atoms with Crippen LogP contribution in [0.15, 0.2) is 46.9 Å². The van der Waals surface area contributed by atoms with Crippen molar-refractivity contribution < 1.29 is 8.81 Å². The Balaban J connectivity index is 2.13. The van der Waals surface area contributed by atoms with Gasteiger partial charge in [0.15, 0.2) is 5.58 Å². The van der Waals surface area contributed by atoms with E-state index in [4.69, 9.17) is 27.6 Å². The summed E-state index contributed by atoms with van der Waals surface area (Å²) in [7, 11) is 0. The lowest BCUT2D eigenvalue weighted by Gasteiger charge is -2.16. The summed E-state index contributed by atoms with van der Waals surface area (Å²) in [6, 6.07) is 10.8. The zero-order valence-corrected chi connectivity index (χ0v) is 11.7. The maximum atomic E-state index is 13.5. The fraction of sp³-hybridized carbons (Fsp3) is 0.0667. The van der Waals surface area contributed by atoms with Crippen molar-refractivity contribution in [3.05, 3.63) is 64.6 Å². The number of fused-ring (bicyclic) bond motifs is 1. The zero-order valence-electron chi connectivity index (χ0n) is 10.9. The largest absolute Gasteiger partial charge is 0.457 e. The molecule has 0 saturated carbocycles. The molecule has 1 heterocycles. The number of nitrogens with two attached hydrogens (primary N) is 2. The Morgan fingerprint density at radius 2 is 2.00 bits per heavy atom. The van der Waals surface area contributed by atoms with E-state index < -0.39 is 11.9 Å². The molecule has 0 bridgehead atoms. The third kappa shape index (κ3) is 2.47. The van der Waals surface area contributed by atoms with Crippen molar-refractivity contribution in [1.29, 1.82) is 0 Å². The average molecular weight is 306 g/mol. The molecule has 2 aromatic carbocycles. The number of benzene rings is 2. The van der Waals surface area contributed by atoms with E-state index in [1.54, 1.807) is 12.1 Å². The molecule has 4 nitrogen and oxygen atoms in total. The lowest BCUT2D eigenvalue weighted by molar-refractivity contribution is 0.476. The van der Waals surface area contributed by atoms with Gasteiger partial charge in [-0.2, -0.15) is 0 Å². The monoisotopic (exact) mass is 305 g/mol. The van der Waals surface area contributed by atoms with Gasteiger partial charge in [-0.05, 0) is 30.3 Å². The van der Waals surface area contributed by atoms with Gasteiger partial charge in [-0.25, -0.2) is 9.82 Å². The number of rotatable bonds is 3. The molecule has 3 rings (SSSR count). The van der Waals surface area contributed by atoms with E-state index in [9.17, 15) is 4.39 Å². The molecule has 6 heteroatoms. The Kier molecular flexibility index (Phi) is 3.55. The first-order valence-electron chi connectivity index (χ1n) is 6.29. The lowest BCUT2D eigenvalue weighted by atomic mass is 10.0. The van der Waals surface area contributed by atoms with Crippen molar-refractivity contribution in [1.82, 2.24) is 5.43 Å². The molecule has 0 saturated heterocycles. The second-order valence-electron chi connectivity index (χ2n) is 4.68. The average Bonchev–Trinajstić information content (AvgIpc) is 2.89. The van der Waals surface area contributed by atoms with Gasteiger partial charge in [0, 0.05) is 16.6 Å². The summed E-state index contributed by atoms with van der Waals surface area (Å²) in [6.45, 7) is 0. The van der Waals surface area contributed by atoms with Crippen molar-refractivity contribution in [2.24, 2.45) is 5.84 Å². The Labute approximate surface area is 125 Å². The van der Waals surface area contributed by atoms with Crippen LogP contribution in [0.2, 0.25) is 5.02 Å². The zero-order chi connectivity index (χ0) is 15.0. The minimum atomic E-state index is -0.566. The van der Waals surface area contributed by atoms with E-state index in [-0.39, 0.29) is 0 Å². The summed E-state index contributed by atoms with van der Waals surface area (Å²) in [4.78, 5) is 0. The number of anilines is 1. The predicted molar refractivity (Wildman–Crippen MR) is 81.2 cm³/mol. The third-order valence-electron chi connectivity index (χ3n) is 3.33. The number of para-hydroxylation sites is 1. The summed E-state index contributed by atoms with van der Waals surface area (Å²) in [5, 5.41) is 1.34. The number of nitrogen functional groups attached to an aromatic ring is 1. The molecule has 0 aliphatic heterocycles. The van der Waals surface area contributed by atoms with Crippen LogP contribution in [0.1, 0.15) is 17.4 Å². The highest BCUT2D eigenvalue weighted by Crippen LogP contribution is 2.33. The topological polar surface area (TPSA) is 77.2 Å². The molecular weight excluding hydrogens is 293 g/mol. The number of hydrazine groups is 1. The molecular formula is C15H13ClFN3O. The van der Waals surface area contributed by atoms with Crippen molar-refractivity contribution in [3.8, 4) is 0 Å². The fourth-order valence-electron chi connectivity index (χ4n) is 2.31. The van der Waals surface area contributed by atoms with Crippen molar-refractivity contribution in [2.75, 3.05) is 5.73 Å². The summed E-state index contributed by atoms with van der Waals surface area (Å²) < 4.78 is 19.2. The molecule has 0 amide bonds. The van der Waals surface area contributed by atoms with Crippen LogP contribution in [-0.2, 0) is 0 Å². The molecule has 3 aromatic rings. The summed E-state index contributed by atoms with van der Waals surface area (Å²) in [6.07, 6.45) is 0. The van der Waals surface area contributed by atoms with Crippen LogP contribution in [0.5, 0.6) is 0 Å². The number of hydrogen-bond donors (Lipinski definition) is 3. The minimum Gasteiger partial charge on any atom is -0.457 e. The maximum absolute atomic E-state index is 13.5. The van der Waals surface area contributed by atoms with Crippen LogP contribution >= 0.6 is 11.6 Å². The van der Waals surface area contributed by atoms with Crippen LogP contribution < -0.4 is 17.0 Å².